The average molecular weight is 569 g/mol. The number of rotatable bonds is 8. The molecule has 41 heavy (non-hydrogen) atoms. The van der Waals surface area contributed by atoms with Gasteiger partial charge in [-0.3, -0.25) is 9.59 Å². The maximum atomic E-state index is 13.4. The van der Waals surface area contributed by atoms with Crippen LogP contribution < -0.4 is 20.7 Å². The van der Waals surface area contributed by atoms with Crippen molar-refractivity contribution in [3.8, 4) is 11.5 Å². The summed E-state index contributed by atoms with van der Waals surface area (Å²) in [7, 11) is 0. The van der Waals surface area contributed by atoms with Crippen LogP contribution in [0.5, 0.6) is 11.5 Å². The zero-order chi connectivity index (χ0) is 29.1. The van der Waals surface area contributed by atoms with Crippen LogP contribution in [-0.4, -0.2) is 28.0 Å². The van der Waals surface area contributed by atoms with Crippen molar-refractivity contribution in [2.75, 3.05) is 10.6 Å². The van der Waals surface area contributed by atoms with Crippen LogP contribution in [-0.2, 0) is 35.2 Å². The molecule has 0 spiro atoms. The normalized spacial score (nSPS) is 16.3. The number of nitrogens with one attached hydrogen (secondary N) is 3. The lowest BCUT2D eigenvalue weighted by atomic mass is 9.83. The minimum Gasteiger partial charge on any atom is -0.465 e. The van der Waals surface area contributed by atoms with Gasteiger partial charge in [-0.1, -0.05) is 6.07 Å². The number of hydrogen-bond acceptors (Lipinski definition) is 5. The molecule has 3 aromatic rings. The van der Waals surface area contributed by atoms with Gasteiger partial charge in [-0.2, -0.15) is 13.2 Å². The number of ether oxygens (including phenoxy) is 1. The summed E-state index contributed by atoms with van der Waals surface area (Å²) in [5.74, 6) is 0.466. The topological polar surface area (TPSA) is 130 Å². The van der Waals surface area contributed by atoms with E-state index in [9.17, 15) is 27.6 Å². The van der Waals surface area contributed by atoms with E-state index in [-0.39, 0.29) is 29.6 Å². The quantitative estimate of drug-likeness (QED) is 0.274. The van der Waals surface area contributed by atoms with Crippen LogP contribution in [0.3, 0.4) is 0 Å². The molecule has 1 saturated carbocycles. The van der Waals surface area contributed by atoms with E-state index in [1.54, 1.807) is 12.1 Å². The third-order valence-electron chi connectivity index (χ3n) is 6.97. The second-order valence-corrected chi connectivity index (χ2v) is 10.2. The highest BCUT2D eigenvalue weighted by molar-refractivity contribution is 5.94. The van der Waals surface area contributed by atoms with Gasteiger partial charge < -0.3 is 25.8 Å². The number of carboxylic acid groups (broad SMARTS) is 1. The predicted octanol–water partition coefficient (Wildman–Crippen LogP) is 5.75. The number of aryl methyl sites for hydroxylation is 1. The summed E-state index contributed by atoms with van der Waals surface area (Å²) in [5, 5.41) is 16.2. The number of benzene rings is 2. The van der Waals surface area contributed by atoms with E-state index < -0.39 is 29.7 Å². The van der Waals surface area contributed by atoms with Crippen molar-refractivity contribution in [1.82, 2.24) is 10.3 Å². The van der Waals surface area contributed by atoms with Gasteiger partial charge in [0.1, 0.15) is 17.3 Å². The Bertz CT molecular complexity index is 1490. The highest BCUT2D eigenvalue weighted by atomic mass is 19.4. The lowest BCUT2D eigenvalue weighted by molar-refractivity contribution is -0.137. The second kappa shape index (κ2) is 11.5. The van der Waals surface area contributed by atoms with Crippen LogP contribution >= 0.6 is 0 Å². The van der Waals surface area contributed by atoms with Crippen molar-refractivity contribution in [3.63, 3.8) is 0 Å². The van der Waals surface area contributed by atoms with E-state index >= 15 is 0 Å². The van der Waals surface area contributed by atoms with Crippen LogP contribution in [0.25, 0.3) is 0 Å². The fourth-order valence-electron chi connectivity index (χ4n) is 4.73. The van der Waals surface area contributed by atoms with Gasteiger partial charge in [0.05, 0.1) is 5.56 Å². The average Bonchev–Trinajstić information content (AvgIpc) is 3.77. The van der Waals surface area contributed by atoms with Gasteiger partial charge in [0.15, 0.2) is 0 Å². The summed E-state index contributed by atoms with van der Waals surface area (Å²) in [6.07, 6.45) is -1.27. The summed E-state index contributed by atoms with van der Waals surface area (Å²) in [4.78, 5) is 40.1. The number of carbonyl (C=O) groups excluding carboxylic acids is 2. The number of halogens is 3. The number of fused-ring (bicyclic) bond motifs is 1. The molecule has 4 N–H and O–H groups in total. The van der Waals surface area contributed by atoms with Gasteiger partial charge in [0.2, 0.25) is 11.8 Å². The van der Waals surface area contributed by atoms with Gasteiger partial charge in [0, 0.05) is 36.3 Å². The molecule has 9 nitrogen and oxygen atoms in total. The maximum Gasteiger partial charge on any atom is 0.416 e. The molecule has 0 saturated heterocycles. The third-order valence-corrected chi connectivity index (χ3v) is 6.97. The molecule has 1 heterocycles. The Balaban J connectivity index is 1.26. The predicted molar refractivity (Wildman–Crippen MR) is 143 cm³/mol. The maximum absolute atomic E-state index is 13.4. The number of pyridine rings is 1. The van der Waals surface area contributed by atoms with Crippen molar-refractivity contribution in [2.45, 2.75) is 44.8 Å². The van der Waals surface area contributed by atoms with Crippen LogP contribution in [0.15, 0.2) is 54.7 Å². The number of nitrogens with zero attached hydrogens (tertiary/aromatic N) is 1. The largest absolute Gasteiger partial charge is 0.465 e. The summed E-state index contributed by atoms with van der Waals surface area (Å²) in [5.41, 5.74) is 0.965. The molecular weight excluding hydrogens is 541 g/mol. The Morgan fingerprint density at radius 1 is 0.902 bits per heavy atom. The minimum absolute atomic E-state index is 0.0386. The first-order valence-electron chi connectivity index (χ1n) is 13.1. The number of alkyl halides is 3. The van der Waals surface area contributed by atoms with Gasteiger partial charge in [-0.05, 0) is 85.2 Å². The van der Waals surface area contributed by atoms with Crippen LogP contribution in [0.2, 0.25) is 0 Å². The van der Waals surface area contributed by atoms with Crippen LogP contribution in [0.1, 0.15) is 41.5 Å². The second-order valence-electron chi connectivity index (χ2n) is 10.2. The van der Waals surface area contributed by atoms with Gasteiger partial charge >= 0.3 is 12.3 Å². The molecule has 1 atom stereocenters. The van der Waals surface area contributed by atoms with E-state index in [2.05, 4.69) is 15.6 Å². The molecule has 2 aromatic carbocycles. The summed E-state index contributed by atoms with van der Waals surface area (Å²) in [6, 6.07) is 11.9. The van der Waals surface area contributed by atoms with Crippen LogP contribution in [0.4, 0.5) is 29.5 Å². The first kappa shape index (κ1) is 27.9. The van der Waals surface area contributed by atoms with Crippen molar-refractivity contribution in [1.29, 1.82) is 0 Å². The lowest BCUT2D eigenvalue weighted by Gasteiger charge is -2.25. The zero-order valence-corrected chi connectivity index (χ0v) is 21.8. The highest BCUT2D eigenvalue weighted by Gasteiger charge is 2.32. The standard InChI is InChI=1S/C29H27F3N4O5/c30-29(31,32)21-9-16(15-34-28(39)40)10-22(13-21)35-27(38)19-4-1-17-5-6-23(12-20(17)11-19)41-24-7-8-33-25(14-24)36-26(37)18-2-3-18/h5-10,12-14,18-19,34H,1-4,11,15H2,(H,35,38)(H,39,40)(H,33,36,37). The molecule has 214 valence electrons. The van der Waals surface area contributed by atoms with Crippen molar-refractivity contribution >= 4 is 29.4 Å². The molecule has 0 radical (unpaired) electrons. The Morgan fingerprint density at radius 2 is 1.66 bits per heavy atom. The minimum atomic E-state index is -4.67. The number of carbonyl (C=O) groups is 3. The summed E-state index contributed by atoms with van der Waals surface area (Å²) >= 11 is 0. The van der Waals surface area contributed by atoms with E-state index in [0.717, 1.165) is 36.1 Å². The SMILES string of the molecule is O=C(O)NCc1cc(NC(=O)C2CCc3ccc(Oc4ccnc(NC(=O)C5CC5)c4)cc3C2)cc(C(F)(F)F)c1. The van der Waals surface area contributed by atoms with Crippen molar-refractivity contribution < 1.29 is 37.4 Å². The zero-order valence-electron chi connectivity index (χ0n) is 21.8. The smallest absolute Gasteiger partial charge is 0.416 e. The molecule has 2 aliphatic carbocycles. The molecule has 3 amide bonds. The molecule has 1 fully saturated rings. The first-order valence-corrected chi connectivity index (χ1v) is 13.1. The van der Waals surface area contributed by atoms with Crippen LogP contribution in [0, 0.1) is 11.8 Å². The van der Waals surface area contributed by atoms with E-state index in [1.807, 2.05) is 23.5 Å². The molecule has 12 heteroatoms. The van der Waals surface area contributed by atoms with Gasteiger partial charge in [-0.15, -0.1) is 0 Å². The molecule has 0 bridgehead atoms. The fourth-order valence-corrected chi connectivity index (χ4v) is 4.73. The Kier molecular flexibility index (Phi) is 7.82. The molecule has 0 aliphatic heterocycles. The van der Waals surface area contributed by atoms with Gasteiger partial charge in [-0.25, -0.2) is 9.78 Å². The molecule has 2 aliphatic rings. The number of aromatic nitrogens is 1. The lowest BCUT2D eigenvalue weighted by Crippen LogP contribution is -2.28. The van der Waals surface area contributed by atoms with Crippen molar-refractivity contribution in [3.05, 3.63) is 77.0 Å². The monoisotopic (exact) mass is 568 g/mol. The number of amides is 3. The number of anilines is 2. The summed E-state index contributed by atoms with van der Waals surface area (Å²) in [6.45, 7) is -0.340. The van der Waals surface area contributed by atoms with E-state index in [4.69, 9.17) is 9.84 Å². The summed E-state index contributed by atoms with van der Waals surface area (Å²) < 4.78 is 46.3. The van der Waals surface area contributed by atoms with Gasteiger partial charge in [0.25, 0.3) is 0 Å². The molecule has 1 unspecified atom stereocenters. The highest BCUT2D eigenvalue weighted by Crippen LogP contribution is 2.35. The Hall–Kier alpha value is -4.61. The molecule has 5 rings (SSSR count). The van der Waals surface area contributed by atoms with E-state index in [0.29, 0.717) is 36.6 Å². The molecular formula is C29H27F3N4O5. The van der Waals surface area contributed by atoms with E-state index in [1.165, 1.54) is 12.3 Å². The first-order chi connectivity index (χ1) is 19.5. The van der Waals surface area contributed by atoms with Crippen molar-refractivity contribution in [2.24, 2.45) is 11.8 Å². The Labute approximate surface area is 233 Å². The third kappa shape index (κ3) is 7.33. The fraction of sp³-hybridized carbons (Fsp3) is 0.310. The Morgan fingerprint density at radius 3 is 2.39 bits per heavy atom. The molecule has 1 aromatic heterocycles. The number of hydrogen-bond donors (Lipinski definition) is 4.